The van der Waals surface area contributed by atoms with Gasteiger partial charge in [-0.3, -0.25) is 14.8 Å². The second kappa shape index (κ2) is 12.7. The largest absolute Gasteiger partial charge is 0.403 e. The molecule has 1 aromatic rings. The molecule has 2 saturated heterocycles. The molecule has 1 aromatic heterocycles. The van der Waals surface area contributed by atoms with E-state index in [0.717, 1.165) is 57.6 Å². The van der Waals surface area contributed by atoms with Crippen LogP contribution in [-0.4, -0.2) is 115 Å². The van der Waals surface area contributed by atoms with Gasteiger partial charge in [-0.15, -0.1) is 24.0 Å². The Labute approximate surface area is 205 Å². The smallest absolute Gasteiger partial charge is 0.356 e. The van der Waals surface area contributed by atoms with Crippen molar-refractivity contribution in [3.05, 3.63) is 18.5 Å². The van der Waals surface area contributed by atoms with Gasteiger partial charge in [0.05, 0.1) is 0 Å². The average Bonchev–Trinajstić information content (AvgIpc) is 2.79. The van der Waals surface area contributed by atoms with Crippen LogP contribution in [0.1, 0.15) is 13.3 Å². The zero-order valence-corrected chi connectivity index (χ0v) is 21.1. The van der Waals surface area contributed by atoms with Crippen LogP contribution in [0, 0.1) is 0 Å². The lowest BCUT2D eigenvalue weighted by atomic mass is 10.2. The van der Waals surface area contributed by atoms with Crippen molar-refractivity contribution >= 4 is 35.9 Å². The van der Waals surface area contributed by atoms with Crippen LogP contribution < -0.4 is 10.2 Å². The maximum atomic E-state index is 12.9. The molecule has 2 aliphatic rings. The number of piperazine rings is 2. The van der Waals surface area contributed by atoms with E-state index in [9.17, 15) is 13.2 Å². The molecule has 0 radical (unpaired) electrons. The van der Waals surface area contributed by atoms with Crippen LogP contribution in [0.5, 0.6) is 0 Å². The van der Waals surface area contributed by atoms with E-state index in [0.29, 0.717) is 26.2 Å². The summed E-state index contributed by atoms with van der Waals surface area (Å²) in [6.07, 6.45) is 0.335. The van der Waals surface area contributed by atoms with Gasteiger partial charge < -0.3 is 15.1 Å². The van der Waals surface area contributed by atoms with Crippen molar-refractivity contribution in [3.63, 3.8) is 0 Å². The van der Waals surface area contributed by atoms with E-state index in [1.54, 1.807) is 19.4 Å². The monoisotopic (exact) mass is 570 g/mol. The molecule has 3 heterocycles. The number of anilines is 1. The molecule has 2 fully saturated rings. The third-order valence-electron chi connectivity index (χ3n) is 5.99. The molecule has 1 unspecified atom stereocenters. The highest BCUT2D eigenvalue weighted by Crippen LogP contribution is 2.25. The second-order valence-corrected chi connectivity index (χ2v) is 7.95. The maximum absolute atomic E-state index is 12.9. The highest BCUT2D eigenvalue weighted by Gasteiger charge is 2.41. The fourth-order valence-electron chi connectivity index (χ4n) is 3.99. The van der Waals surface area contributed by atoms with Crippen molar-refractivity contribution in [2.75, 3.05) is 77.4 Å². The molecule has 1 atom stereocenters. The van der Waals surface area contributed by atoms with Crippen molar-refractivity contribution in [3.8, 4) is 0 Å². The molecule has 2 aliphatic heterocycles. The summed E-state index contributed by atoms with van der Waals surface area (Å²) >= 11 is 0. The molecule has 32 heavy (non-hydrogen) atoms. The molecule has 3 rings (SSSR count). The number of hydrogen-bond donors (Lipinski definition) is 1. The van der Waals surface area contributed by atoms with Crippen molar-refractivity contribution in [2.45, 2.75) is 25.6 Å². The predicted molar refractivity (Wildman–Crippen MR) is 131 cm³/mol. The van der Waals surface area contributed by atoms with E-state index in [1.807, 2.05) is 11.0 Å². The van der Waals surface area contributed by atoms with Gasteiger partial charge >= 0.3 is 6.18 Å². The van der Waals surface area contributed by atoms with Gasteiger partial charge in [-0.25, -0.2) is 9.97 Å². The van der Waals surface area contributed by atoms with Crippen molar-refractivity contribution < 1.29 is 13.2 Å². The molecule has 0 spiro atoms. The summed E-state index contributed by atoms with van der Waals surface area (Å²) in [5.41, 5.74) is 0. The van der Waals surface area contributed by atoms with Gasteiger partial charge in [0, 0.05) is 78.3 Å². The molecule has 1 N–H and O–H groups in total. The molecule has 0 aromatic carbocycles. The quantitative estimate of drug-likeness (QED) is 0.242. The van der Waals surface area contributed by atoms with Crippen LogP contribution in [0.25, 0.3) is 0 Å². The summed E-state index contributed by atoms with van der Waals surface area (Å²) in [7, 11) is 1.72. The SMILES string of the molecule is CN=C(NCCCN1CCN(c2ncccn2)CC1)N1CCN(C(C)C(F)(F)F)CC1.I. The third kappa shape index (κ3) is 7.58. The van der Waals surface area contributed by atoms with E-state index in [4.69, 9.17) is 0 Å². The highest BCUT2D eigenvalue weighted by atomic mass is 127. The van der Waals surface area contributed by atoms with Gasteiger partial charge in [0.25, 0.3) is 0 Å². The normalized spacial score (nSPS) is 20.1. The van der Waals surface area contributed by atoms with Gasteiger partial charge in [0.15, 0.2) is 5.96 Å². The van der Waals surface area contributed by atoms with Crippen molar-refractivity contribution in [1.82, 2.24) is 30.0 Å². The Morgan fingerprint density at radius 2 is 1.69 bits per heavy atom. The predicted octanol–water partition coefficient (Wildman–Crippen LogP) is 1.75. The standard InChI is InChI=1S/C20H33F3N8.HI/c1-17(20(21,22)23)29-13-15-30(16-14-29)18(24-2)25-7-4-8-28-9-11-31(12-10-28)19-26-5-3-6-27-19;/h3,5-6,17H,4,7-16H2,1-2H3,(H,24,25);1H. The van der Waals surface area contributed by atoms with Gasteiger partial charge in [0.1, 0.15) is 6.04 Å². The molecule has 182 valence electrons. The molecule has 0 saturated carbocycles. The fourth-order valence-corrected chi connectivity index (χ4v) is 3.99. The Morgan fingerprint density at radius 3 is 2.25 bits per heavy atom. The highest BCUT2D eigenvalue weighted by molar-refractivity contribution is 14.0. The van der Waals surface area contributed by atoms with Crippen LogP contribution in [-0.2, 0) is 0 Å². The van der Waals surface area contributed by atoms with Gasteiger partial charge in [0.2, 0.25) is 5.95 Å². The van der Waals surface area contributed by atoms with Gasteiger partial charge in [-0.05, 0) is 26.0 Å². The van der Waals surface area contributed by atoms with Crippen LogP contribution in [0.15, 0.2) is 23.5 Å². The summed E-state index contributed by atoms with van der Waals surface area (Å²) in [5.74, 6) is 1.56. The van der Waals surface area contributed by atoms with Crippen LogP contribution >= 0.6 is 24.0 Å². The lowest BCUT2D eigenvalue weighted by Crippen LogP contribution is -2.56. The Bertz CT molecular complexity index is 690. The van der Waals surface area contributed by atoms with Crippen molar-refractivity contribution in [1.29, 1.82) is 0 Å². The van der Waals surface area contributed by atoms with Crippen LogP contribution in [0.2, 0.25) is 0 Å². The third-order valence-corrected chi connectivity index (χ3v) is 5.99. The summed E-state index contributed by atoms with van der Waals surface area (Å²) in [5, 5.41) is 3.37. The Balaban J connectivity index is 0.00000363. The van der Waals surface area contributed by atoms with Crippen LogP contribution in [0.3, 0.4) is 0 Å². The molecule has 12 heteroatoms. The van der Waals surface area contributed by atoms with Crippen LogP contribution in [0.4, 0.5) is 19.1 Å². The van der Waals surface area contributed by atoms with E-state index in [2.05, 4.69) is 30.1 Å². The minimum atomic E-state index is -4.18. The number of alkyl halides is 3. The first-order chi connectivity index (χ1) is 14.9. The van der Waals surface area contributed by atoms with E-state index in [1.165, 1.54) is 11.8 Å². The van der Waals surface area contributed by atoms with E-state index in [-0.39, 0.29) is 24.0 Å². The Hall–Kier alpha value is -1.41. The maximum Gasteiger partial charge on any atom is 0.403 e. The summed E-state index contributed by atoms with van der Waals surface area (Å²) < 4.78 is 38.8. The number of hydrogen-bond acceptors (Lipinski definition) is 6. The molecule has 0 bridgehead atoms. The first kappa shape index (κ1) is 26.8. The van der Waals surface area contributed by atoms with E-state index >= 15 is 0 Å². The minimum absolute atomic E-state index is 0. The Morgan fingerprint density at radius 1 is 1.06 bits per heavy atom. The number of nitrogens with one attached hydrogen (secondary N) is 1. The minimum Gasteiger partial charge on any atom is -0.356 e. The molecular formula is C20H34F3IN8. The lowest BCUT2D eigenvalue weighted by molar-refractivity contribution is -0.181. The zero-order chi connectivity index (χ0) is 22.3. The number of guanidine groups is 1. The molecular weight excluding hydrogens is 536 g/mol. The number of aliphatic imine (C=N–C) groups is 1. The first-order valence-electron chi connectivity index (χ1n) is 10.9. The topological polar surface area (TPSA) is 63.1 Å². The molecule has 0 aliphatic carbocycles. The van der Waals surface area contributed by atoms with Crippen molar-refractivity contribution in [2.24, 2.45) is 4.99 Å². The zero-order valence-electron chi connectivity index (χ0n) is 18.8. The molecule has 0 amide bonds. The van der Waals surface area contributed by atoms with E-state index < -0.39 is 12.2 Å². The number of aromatic nitrogens is 2. The Kier molecular flexibility index (Phi) is 10.7. The number of rotatable bonds is 6. The molecule has 8 nitrogen and oxygen atoms in total. The van der Waals surface area contributed by atoms with Gasteiger partial charge in [-0.1, -0.05) is 0 Å². The lowest BCUT2D eigenvalue weighted by Gasteiger charge is -2.39. The van der Waals surface area contributed by atoms with Gasteiger partial charge in [-0.2, -0.15) is 13.2 Å². The second-order valence-electron chi connectivity index (χ2n) is 7.95. The number of halogens is 4. The average molecular weight is 570 g/mol. The summed E-state index contributed by atoms with van der Waals surface area (Å²) in [6.45, 7) is 8.66. The fraction of sp³-hybridized carbons (Fsp3) is 0.750. The summed E-state index contributed by atoms with van der Waals surface area (Å²) in [4.78, 5) is 21.1. The number of nitrogens with zero attached hydrogens (tertiary/aromatic N) is 7. The first-order valence-corrected chi connectivity index (χ1v) is 10.9. The summed E-state index contributed by atoms with van der Waals surface area (Å²) in [6, 6.07) is 0.419.